The fourth-order valence-electron chi connectivity index (χ4n) is 4.44. The lowest BCUT2D eigenvalue weighted by Crippen LogP contribution is -2.32. The average molecular weight is 473 g/mol. The van der Waals surface area contributed by atoms with E-state index in [0.29, 0.717) is 35.8 Å². The van der Waals surface area contributed by atoms with E-state index in [-0.39, 0.29) is 18.0 Å². The highest BCUT2D eigenvalue weighted by Crippen LogP contribution is 2.32. The molecule has 1 aromatic heterocycles. The summed E-state index contributed by atoms with van der Waals surface area (Å²) in [6, 6.07) is 14.4. The number of rotatable bonds is 6. The highest BCUT2D eigenvalue weighted by atomic mass is 19.1. The van der Waals surface area contributed by atoms with Gasteiger partial charge >= 0.3 is 6.03 Å². The number of hydrogen-bond donors (Lipinski definition) is 1. The van der Waals surface area contributed by atoms with E-state index in [1.54, 1.807) is 23.2 Å². The molecular formula is C27H25FN4O3. The Morgan fingerprint density at radius 2 is 1.91 bits per heavy atom. The van der Waals surface area contributed by atoms with Crippen LogP contribution < -0.4 is 10.1 Å². The smallest absolute Gasteiger partial charge is 0.321 e. The first kappa shape index (κ1) is 21.7. The molecule has 3 aliphatic rings. The molecule has 2 fully saturated rings. The number of aliphatic imine (C=N–C) groups is 1. The molecule has 1 atom stereocenters. The Morgan fingerprint density at radius 3 is 2.69 bits per heavy atom. The molecule has 2 saturated heterocycles. The molecule has 0 aliphatic carbocycles. The number of ether oxygens (including phenoxy) is 2. The summed E-state index contributed by atoms with van der Waals surface area (Å²) in [6.45, 7) is 2.84. The fraction of sp³-hybridized carbons (Fsp3) is 0.296. The minimum atomic E-state index is -0.372. The van der Waals surface area contributed by atoms with Crippen LogP contribution in [0.25, 0.3) is 11.1 Å². The average Bonchev–Trinajstić information content (AvgIpc) is 3.36. The number of pyridine rings is 1. The van der Waals surface area contributed by atoms with E-state index >= 15 is 0 Å². The SMILES string of the molecule is O=C(Nc1ccc(F)c(C2=Nc3ncc(-c4ccc(OCC5CO5)cc4)cc3C2)c1)N1CCCC1. The summed E-state index contributed by atoms with van der Waals surface area (Å²) in [5.74, 6) is 1.03. The highest BCUT2D eigenvalue weighted by molar-refractivity contribution is 6.07. The van der Waals surface area contributed by atoms with Gasteiger partial charge in [0.2, 0.25) is 0 Å². The number of epoxide rings is 1. The molecule has 1 unspecified atom stereocenters. The lowest BCUT2D eigenvalue weighted by atomic mass is 10.0. The molecule has 0 spiro atoms. The molecule has 2 amide bonds. The van der Waals surface area contributed by atoms with Crippen molar-refractivity contribution in [1.29, 1.82) is 0 Å². The molecule has 7 nitrogen and oxygen atoms in total. The van der Waals surface area contributed by atoms with Gasteiger partial charge in [-0.25, -0.2) is 19.2 Å². The zero-order valence-electron chi connectivity index (χ0n) is 19.2. The Balaban J connectivity index is 1.16. The van der Waals surface area contributed by atoms with Crippen LogP contribution in [0.2, 0.25) is 0 Å². The molecule has 0 radical (unpaired) electrons. The molecule has 3 aliphatic heterocycles. The first-order valence-corrected chi connectivity index (χ1v) is 11.9. The molecule has 0 bridgehead atoms. The van der Waals surface area contributed by atoms with E-state index in [2.05, 4.69) is 15.3 Å². The zero-order chi connectivity index (χ0) is 23.8. The quantitative estimate of drug-likeness (QED) is 0.514. The molecule has 4 heterocycles. The number of aromatic nitrogens is 1. The van der Waals surface area contributed by atoms with Crippen molar-refractivity contribution in [2.45, 2.75) is 25.4 Å². The van der Waals surface area contributed by atoms with Crippen LogP contribution in [0.3, 0.4) is 0 Å². The van der Waals surface area contributed by atoms with Crippen LogP contribution in [-0.4, -0.2) is 54.0 Å². The Bertz CT molecular complexity index is 1300. The number of nitrogens with one attached hydrogen (secondary N) is 1. The van der Waals surface area contributed by atoms with Crippen molar-refractivity contribution in [1.82, 2.24) is 9.88 Å². The van der Waals surface area contributed by atoms with Crippen molar-refractivity contribution in [3.05, 3.63) is 71.7 Å². The van der Waals surface area contributed by atoms with E-state index in [1.807, 2.05) is 30.3 Å². The van der Waals surface area contributed by atoms with E-state index < -0.39 is 0 Å². The second kappa shape index (κ2) is 9.11. The van der Waals surface area contributed by atoms with E-state index in [4.69, 9.17) is 9.47 Å². The molecule has 0 saturated carbocycles. The van der Waals surface area contributed by atoms with E-state index in [1.165, 1.54) is 6.07 Å². The lowest BCUT2D eigenvalue weighted by molar-refractivity contribution is 0.222. The van der Waals surface area contributed by atoms with Crippen LogP contribution in [0.1, 0.15) is 24.0 Å². The maximum atomic E-state index is 14.7. The third-order valence-corrected chi connectivity index (χ3v) is 6.49. The van der Waals surface area contributed by atoms with Crippen molar-refractivity contribution in [2.24, 2.45) is 4.99 Å². The number of hydrogen-bond acceptors (Lipinski definition) is 5. The number of urea groups is 1. The van der Waals surface area contributed by atoms with E-state index in [9.17, 15) is 9.18 Å². The molecule has 35 heavy (non-hydrogen) atoms. The minimum absolute atomic E-state index is 0.152. The van der Waals surface area contributed by atoms with Crippen LogP contribution in [0.5, 0.6) is 5.75 Å². The van der Waals surface area contributed by atoms with Gasteiger partial charge in [0.25, 0.3) is 0 Å². The van der Waals surface area contributed by atoms with Gasteiger partial charge in [0.05, 0.1) is 12.3 Å². The Morgan fingerprint density at radius 1 is 1.11 bits per heavy atom. The first-order valence-electron chi connectivity index (χ1n) is 11.9. The van der Waals surface area contributed by atoms with Gasteiger partial charge in [-0.05, 0) is 54.8 Å². The summed E-state index contributed by atoms with van der Waals surface area (Å²) in [4.78, 5) is 23.3. The molecule has 3 aromatic rings. The highest BCUT2D eigenvalue weighted by Gasteiger charge is 2.24. The number of fused-ring (bicyclic) bond motifs is 1. The standard InChI is InChI=1S/C27H25FN4O3/c28-24-8-5-20(30-27(33)32-9-1-2-10-32)13-23(24)25-12-18-11-19(14-29-26(18)31-25)17-3-6-21(7-4-17)34-15-22-16-35-22/h3-8,11,13-14,22H,1-2,9-10,12,15-16H2,(H,30,33). The van der Waals surface area contributed by atoms with Crippen LogP contribution in [0.4, 0.5) is 20.7 Å². The predicted molar refractivity (Wildman–Crippen MR) is 131 cm³/mol. The van der Waals surface area contributed by atoms with Crippen LogP contribution in [0, 0.1) is 5.82 Å². The van der Waals surface area contributed by atoms with Gasteiger partial charge in [0, 0.05) is 48.1 Å². The topological polar surface area (TPSA) is 79.3 Å². The fourth-order valence-corrected chi connectivity index (χ4v) is 4.44. The maximum Gasteiger partial charge on any atom is 0.321 e. The summed E-state index contributed by atoms with van der Waals surface area (Å²) in [6.07, 6.45) is 4.50. The van der Waals surface area contributed by atoms with Crippen molar-refractivity contribution in [3.8, 4) is 16.9 Å². The molecule has 8 heteroatoms. The van der Waals surface area contributed by atoms with Gasteiger partial charge in [-0.2, -0.15) is 0 Å². The summed E-state index contributed by atoms with van der Waals surface area (Å²) in [5, 5.41) is 2.88. The number of halogens is 1. The van der Waals surface area contributed by atoms with Crippen LogP contribution >= 0.6 is 0 Å². The Hall–Kier alpha value is -3.78. The van der Waals surface area contributed by atoms with E-state index in [0.717, 1.165) is 55.0 Å². The number of amides is 2. The third kappa shape index (κ3) is 4.74. The summed E-state index contributed by atoms with van der Waals surface area (Å²) in [7, 11) is 0. The molecule has 1 N–H and O–H groups in total. The number of benzene rings is 2. The minimum Gasteiger partial charge on any atom is -0.491 e. The van der Waals surface area contributed by atoms with Gasteiger partial charge in [-0.1, -0.05) is 12.1 Å². The first-order chi connectivity index (χ1) is 17.1. The zero-order valence-corrected chi connectivity index (χ0v) is 19.2. The number of carbonyl (C=O) groups is 1. The van der Waals surface area contributed by atoms with Gasteiger partial charge in [-0.15, -0.1) is 0 Å². The summed E-state index contributed by atoms with van der Waals surface area (Å²) < 4.78 is 25.6. The normalized spacial score (nSPS) is 18.3. The predicted octanol–water partition coefficient (Wildman–Crippen LogP) is 4.97. The van der Waals surface area contributed by atoms with Crippen molar-refractivity contribution in [3.63, 3.8) is 0 Å². The van der Waals surface area contributed by atoms with Gasteiger partial charge in [0.1, 0.15) is 24.3 Å². The maximum absolute atomic E-state index is 14.7. The number of anilines is 1. The van der Waals surface area contributed by atoms with Gasteiger partial charge in [-0.3, -0.25) is 0 Å². The van der Waals surface area contributed by atoms with Gasteiger partial charge < -0.3 is 19.7 Å². The number of likely N-dealkylation sites (tertiary alicyclic amines) is 1. The molecule has 2 aromatic carbocycles. The van der Waals surface area contributed by atoms with Gasteiger partial charge in [0.15, 0.2) is 5.82 Å². The molecule has 6 rings (SSSR count). The Labute approximate surface area is 202 Å². The molecular weight excluding hydrogens is 447 g/mol. The van der Waals surface area contributed by atoms with Crippen molar-refractivity contribution >= 4 is 23.2 Å². The number of nitrogens with zero attached hydrogens (tertiary/aromatic N) is 3. The van der Waals surface area contributed by atoms with Crippen LogP contribution in [0.15, 0.2) is 59.7 Å². The second-order valence-corrected chi connectivity index (χ2v) is 9.05. The van der Waals surface area contributed by atoms with Crippen LogP contribution in [-0.2, 0) is 11.2 Å². The largest absolute Gasteiger partial charge is 0.491 e. The number of carbonyl (C=O) groups excluding carboxylic acids is 1. The molecule has 178 valence electrons. The lowest BCUT2D eigenvalue weighted by Gasteiger charge is -2.16. The second-order valence-electron chi connectivity index (χ2n) is 9.05. The summed E-state index contributed by atoms with van der Waals surface area (Å²) >= 11 is 0. The summed E-state index contributed by atoms with van der Waals surface area (Å²) in [5.41, 5.74) is 4.46. The monoisotopic (exact) mass is 472 g/mol. The Kier molecular flexibility index (Phi) is 5.66. The third-order valence-electron chi connectivity index (χ3n) is 6.49. The van der Waals surface area contributed by atoms with Crippen molar-refractivity contribution < 1.29 is 18.7 Å². The van der Waals surface area contributed by atoms with Crippen molar-refractivity contribution in [2.75, 3.05) is 31.6 Å².